The van der Waals surface area contributed by atoms with Crippen LogP contribution in [0.1, 0.15) is 6.92 Å². The van der Waals surface area contributed by atoms with Crippen molar-refractivity contribution in [2.24, 2.45) is 0 Å². The molecule has 0 bridgehead atoms. The van der Waals surface area contributed by atoms with Crippen molar-refractivity contribution in [3.63, 3.8) is 0 Å². The minimum Gasteiger partial charge on any atom is -0.546 e. The number of benzene rings is 2. The molecule has 0 radical (unpaired) electrons. The molecule has 5 nitrogen and oxygen atoms in total. The number of hydrogen-bond acceptors (Lipinski definition) is 5. The van der Waals surface area contributed by atoms with Crippen molar-refractivity contribution in [3.05, 3.63) is 59.6 Å². The van der Waals surface area contributed by atoms with Gasteiger partial charge in [0.05, 0.1) is 16.5 Å². The number of para-hydroxylation sites is 1. The quantitative estimate of drug-likeness (QED) is 0.712. The van der Waals surface area contributed by atoms with Crippen LogP contribution in [0.2, 0.25) is 5.02 Å². The van der Waals surface area contributed by atoms with E-state index in [1.54, 1.807) is 36.4 Å². The number of hydrogen-bond donors (Lipinski definition) is 0. The molecule has 0 aliphatic heterocycles. The molecule has 6 heteroatoms. The van der Waals surface area contributed by atoms with Crippen LogP contribution in [-0.4, -0.2) is 17.1 Å². The number of fused-ring (bicyclic) bond motifs is 1. The Morgan fingerprint density at radius 1 is 1.08 bits per heavy atom. The van der Waals surface area contributed by atoms with Crippen molar-refractivity contribution in [3.8, 4) is 17.4 Å². The SMILES string of the molecule is C[C@@H](Oc1ccc(Oc2ccc3cccc(Cl)c3n2)cc1)C(=O)[O-]. The summed E-state index contributed by atoms with van der Waals surface area (Å²) in [5.74, 6) is 0.0934. The number of carbonyl (C=O) groups excluding carboxylic acids is 1. The Morgan fingerprint density at radius 3 is 2.50 bits per heavy atom. The van der Waals surface area contributed by atoms with Crippen molar-refractivity contribution in [2.45, 2.75) is 13.0 Å². The molecule has 0 saturated heterocycles. The molecule has 0 aliphatic carbocycles. The number of pyridine rings is 1. The Hall–Kier alpha value is -2.79. The summed E-state index contributed by atoms with van der Waals surface area (Å²) in [6.07, 6.45) is -1.03. The Balaban J connectivity index is 1.76. The molecule has 0 amide bonds. The summed E-state index contributed by atoms with van der Waals surface area (Å²) in [7, 11) is 0. The van der Waals surface area contributed by atoms with Crippen molar-refractivity contribution in [2.75, 3.05) is 0 Å². The Labute approximate surface area is 143 Å². The van der Waals surface area contributed by atoms with Gasteiger partial charge in [-0.1, -0.05) is 23.7 Å². The summed E-state index contributed by atoms with van der Waals surface area (Å²) in [6.45, 7) is 1.41. The highest BCUT2D eigenvalue weighted by molar-refractivity contribution is 6.35. The minimum atomic E-state index is -1.27. The fourth-order valence-electron chi connectivity index (χ4n) is 2.11. The number of aliphatic carboxylic acids is 1. The van der Waals surface area contributed by atoms with Crippen LogP contribution in [0.5, 0.6) is 17.4 Å². The molecule has 0 unspecified atom stereocenters. The van der Waals surface area contributed by atoms with Gasteiger partial charge in [0.15, 0.2) is 0 Å². The first-order valence-electron chi connectivity index (χ1n) is 7.23. The first kappa shape index (κ1) is 16.1. The molecule has 0 spiro atoms. The molecule has 24 heavy (non-hydrogen) atoms. The van der Waals surface area contributed by atoms with Crippen LogP contribution in [0, 0.1) is 0 Å². The fourth-order valence-corrected chi connectivity index (χ4v) is 2.33. The first-order valence-corrected chi connectivity index (χ1v) is 7.61. The van der Waals surface area contributed by atoms with Gasteiger partial charge in [-0.25, -0.2) is 4.98 Å². The zero-order chi connectivity index (χ0) is 17.1. The number of nitrogens with zero attached hydrogens (tertiary/aromatic N) is 1. The highest BCUT2D eigenvalue weighted by Crippen LogP contribution is 2.27. The summed E-state index contributed by atoms with van der Waals surface area (Å²) in [4.78, 5) is 15.1. The second kappa shape index (κ2) is 6.76. The topological polar surface area (TPSA) is 71.5 Å². The van der Waals surface area contributed by atoms with Gasteiger partial charge in [0, 0.05) is 11.5 Å². The van der Waals surface area contributed by atoms with Gasteiger partial charge < -0.3 is 19.4 Å². The van der Waals surface area contributed by atoms with E-state index < -0.39 is 12.1 Å². The molecule has 0 fully saturated rings. The molecule has 122 valence electrons. The number of aromatic nitrogens is 1. The first-order chi connectivity index (χ1) is 11.5. The third-order valence-corrected chi connectivity index (χ3v) is 3.64. The maximum absolute atomic E-state index is 10.7. The highest BCUT2D eigenvalue weighted by atomic mass is 35.5. The lowest BCUT2D eigenvalue weighted by atomic mass is 10.2. The predicted octanol–water partition coefficient (Wildman–Crippen LogP) is 3.20. The van der Waals surface area contributed by atoms with Crippen molar-refractivity contribution < 1.29 is 19.4 Å². The van der Waals surface area contributed by atoms with Crippen LogP contribution in [0.4, 0.5) is 0 Å². The molecule has 1 aromatic heterocycles. The molecule has 1 atom stereocenters. The van der Waals surface area contributed by atoms with Crippen molar-refractivity contribution >= 4 is 28.5 Å². The van der Waals surface area contributed by atoms with E-state index >= 15 is 0 Å². The lowest BCUT2D eigenvalue weighted by Gasteiger charge is -2.15. The Morgan fingerprint density at radius 2 is 1.79 bits per heavy atom. The predicted molar refractivity (Wildman–Crippen MR) is 88.4 cm³/mol. The number of carboxylic acid groups (broad SMARTS) is 1. The van der Waals surface area contributed by atoms with Crippen molar-refractivity contribution in [1.82, 2.24) is 4.98 Å². The number of halogens is 1. The van der Waals surface area contributed by atoms with E-state index in [1.807, 2.05) is 18.2 Å². The normalized spacial score (nSPS) is 11.9. The molecule has 3 aromatic rings. The van der Waals surface area contributed by atoms with E-state index in [0.717, 1.165) is 5.39 Å². The van der Waals surface area contributed by atoms with E-state index in [9.17, 15) is 9.90 Å². The van der Waals surface area contributed by atoms with Gasteiger partial charge in [0.2, 0.25) is 5.88 Å². The van der Waals surface area contributed by atoms with Crippen LogP contribution in [0.15, 0.2) is 54.6 Å². The standard InChI is InChI=1S/C18H14ClNO4/c1-11(18(21)22)23-13-6-8-14(9-7-13)24-16-10-5-12-3-2-4-15(19)17(12)20-16/h2-11H,1H3,(H,21,22)/p-1/t11-/m1/s1. The zero-order valence-electron chi connectivity index (χ0n) is 12.7. The maximum atomic E-state index is 10.7. The summed E-state index contributed by atoms with van der Waals surface area (Å²) in [5.41, 5.74) is 0.666. The van der Waals surface area contributed by atoms with Crippen molar-refractivity contribution in [1.29, 1.82) is 0 Å². The van der Waals surface area contributed by atoms with Gasteiger partial charge >= 0.3 is 0 Å². The van der Waals surface area contributed by atoms with Crippen LogP contribution in [0.3, 0.4) is 0 Å². The van der Waals surface area contributed by atoms with Gasteiger partial charge in [-0.3, -0.25) is 0 Å². The summed E-state index contributed by atoms with van der Waals surface area (Å²) < 4.78 is 10.9. The summed E-state index contributed by atoms with van der Waals surface area (Å²) >= 11 is 6.14. The summed E-state index contributed by atoms with van der Waals surface area (Å²) in [6, 6.07) is 15.7. The van der Waals surface area contributed by atoms with E-state index in [2.05, 4.69) is 4.98 Å². The second-order valence-electron chi connectivity index (χ2n) is 5.11. The van der Waals surface area contributed by atoms with Gasteiger partial charge in [0.25, 0.3) is 0 Å². The number of carboxylic acids is 1. The lowest BCUT2D eigenvalue weighted by molar-refractivity contribution is -0.312. The monoisotopic (exact) mass is 342 g/mol. The van der Waals surface area contributed by atoms with Gasteiger partial charge in [-0.05, 0) is 43.3 Å². The molecule has 0 saturated carbocycles. The van der Waals surface area contributed by atoms with Crippen LogP contribution >= 0.6 is 11.6 Å². The van der Waals surface area contributed by atoms with E-state index in [4.69, 9.17) is 21.1 Å². The largest absolute Gasteiger partial charge is 0.546 e. The van der Waals surface area contributed by atoms with Crippen LogP contribution in [-0.2, 0) is 4.79 Å². The smallest absolute Gasteiger partial charge is 0.219 e. The third kappa shape index (κ3) is 3.58. The number of ether oxygens (including phenoxy) is 2. The van der Waals surface area contributed by atoms with Crippen LogP contribution < -0.4 is 14.6 Å². The molecule has 1 heterocycles. The Bertz CT molecular complexity index is 880. The minimum absolute atomic E-state index is 0.410. The number of rotatable bonds is 5. The summed E-state index contributed by atoms with van der Waals surface area (Å²) in [5, 5.41) is 12.1. The third-order valence-electron chi connectivity index (χ3n) is 3.34. The molecular weight excluding hydrogens is 330 g/mol. The average Bonchev–Trinajstić information content (AvgIpc) is 2.57. The maximum Gasteiger partial charge on any atom is 0.219 e. The molecule has 3 rings (SSSR count). The van der Waals surface area contributed by atoms with Crippen LogP contribution in [0.25, 0.3) is 10.9 Å². The van der Waals surface area contributed by atoms with Gasteiger partial charge in [-0.2, -0.15) is 0 Å². The molecule has 0 N–H and O–H groups in total. The van der Waals surface area contributed by atoms with E-state index in [0.29, 0.717) is 27.9 Å². The Kier molecular flexibility index (Phi) is 4.53. The second-order valence-corrected chi connectivity index (χ2v) is 5.52. The van der Waals surface area contributed by atoms with Gasteiger partial charge in [-0.15, -0.1) is 0 Å². The van der Waals surface area contributed by atoms with E-state index in [1.165, 1.54) is 6.92 Å². The van der Waals surface area contributed by atoms with Gasteiger partial charge in [0.1, 0.15) is 17.6 Å². The zero-order valence-corrected chi connectivity index (χ0v) is 13.5. The lowest BCUT2D eigenvalue weighted by Crippen LogP contribution is -2.37. The molecule has 0 aliphatic rings. The highest BCUT2D eigenvalue weighted by Gasteiger charge is 2.06. The average molecular weight is 343 g/mol. The molecule has 2 aromatic carbocycles. The van der Waals surface area contributed by atoms with E-state index in [-0.39, 0.29) is 0 Å². The number of carbonyl (C=O) groups is 1. The molecular formula is C18H13ClNO4-. The fraction of sp³-hybridized carbons (Fsp3) is 0.111.